The maximum Gasteiger partial charge on any atom is 0.339 e. The van der Waals surface area contributed by atoms with E-state index in [1.54, 1.807) is 13.2 Å². The van der Waals surface area contributed by atoms with E-state index in [1.807, 2.05) is 48.5 Å². The molecule has 0 amide bonds. The maximum absolute atomic E-state index is 13.6. The summed E-state index contributed by atoms with van der Waals surface area (Å²) in [6, 6.07) is 17.1. The monoisotopic (exact) mass is 523 g/mol. The zero-order valence-corrected chi connectivity index (χ0v) is 23.0. The van der Waals surface area contributed by atoms with Crippen LogP contribution in [-0.4, -0.2) is 30.5 Å². The summed E-state index contributed by atoms with van der Waals surface area (Å²) in [5, 5.41) is 9.93. The third-order valence-corrected chi connectivity index (χ3v) is 7.22. The third kappa shape index (κ3) is 5.85. The first kappa shape index (κ1) is 27.6. The van der Waals surface area contributed by atoms with Crippen LogP contribution in [0.2, 0.25) is 0 Å². The Kier molecular flexibility index (Phi) is 7.87. The van der Waals surface area contributed by atoms with Gasteiger partial charge in [-0.2, -0.15) is 5.26 Å². The first-order valence-electron chi connectivity index (χ1n) is 12.9. The van der Waals surface area contributed by atoms with Gasteiger partial charge in [-0.3, -0.25) is 4.79 Å². The molecule has 1 heterocycles. The summed E-state index contributed by atoms with van der Waals surface area (Å²) in [6.45, 7) is 7.49. The van der Waals surface area contributed by atoms with Crippen molar-refractivity contribution in [1.82, 2.24) is 4.98 Å². The van der Waals surface area contributed by atoms with E-state index in [0.717, 1.165) is 34.6 Å². The van der Waals surface area contributed by atoms with E-state index >= 15 is 0 Å². The van der Waals surface area contributed by atoms with Gasteiger partial charge < -0.3 is 15.2 Å². The molecule has 7 nitrogen and oxygen atoms in total. The van der Waals surface area contributed by atoms with E-state index < -0.39 is 18.4 Å². The van der Waals surface area contributed by atoms with Crippen LogP contribution in [0, 0.1) is 22.7 Å². The Morgan fingerprint density at radius 2 is 1.82 bits per heavy atom. The summed E-state index contributed by atoms with van der Waals surface area (Å²) in [6.07, 6.45) is 3.55. The molecule has 2 aromatic carbocycles. The van der Waals surface area contributed by atoms with E-state index in [1.165, 1.54) is 6.92 Å². The largest absolute Gasteiger partial charge is 0.497 e. The zero-order valence-electron chi connectivity index (χ0n) is 23.0. The molecule has 3 aromatic rings. The molecule has 1 atom stereocenters. The summed E-state index contributed by atoms with van der Waals surface area (Å²) in [4.78, 5) is 31.2. The number of allylic oxidation sites excluding steroid dienone is 2. The summed E-state index contributed by atoms with van der Waals surface area (Å²) in [7, 11) is 1.64. The maximum atomic E-state index is 13.6. The topological polar surface area (TPSA) is 115 Å². The van der Waals surface area contributed by atoms with Crippen LogP contribution in [0.1, 0.15) is 61.3 Å². The van der Waals surface area contributed by atoms with Crippen LogP contribution in [0.5, 0.6) is 5.75 Å². The molecule has 0 aliphatic heterocycles. The van der Waals surface area contributed by atoms with Gasteiger partial charge in [0, 0.05) is 11.1 Å². The van der Waals surface area contributed by atoms with E-state index in [9.17, 15) is 14.9 Å². The third-order valence-electron chi connectivity index (χ3n) is 7.22. The number of nitrogens with zero attached hydrogens (tertiary/aromatic N) is 2. The average molecular weight is 524 g/mol. The van der Waals surface area contributed by atoms with Gasteiger partial charge in [0.2, 0.25) is 5.78 Å². The number of ether oxygens (including phenoxy) is 2. The van der Waals surface area contributed by atoms with Crippen LogP contribution < -0.4 is 10.5 Å². The van der Waals surface area contributed by atoms with Crippen LogP contribution in [0.25, 0.3) is 22.6 Å². The van der Waals surface area contributed by atoms with Crippen molar-refractivity contribution >= 4 is 34.3 Å². The second-order valence-electron chi connectivity index (χ2n) is 10.9. The molecule has 0 unspecified atom stereocenters. The molecule has 2 N–H and O–H groups in total. The van der Waals surface area contributed by atoms with Gasteiger partial charge in [0.15, 0.2) is 6.61 Å². The van der Waals surface area contributed by atoms with Gasteiger partial charge in [-0.05, 0) is 72.1 Å². The van der Waals surface area contributed by atoms with Crippen molar-refractivity contribution in [2.24, 2.45) is 17.1 Å². The molecule has 0 radical (unpaired) electrons. The quantitative estimate of drug-likeness (QED) is 0.244. The SMILES string of the molecule is COc1ccc(/C=C2\C[C@@H](C(C)(C)C)Cc3c2nc2ccccc2c3C(=O)OCC(=O)/C(C#N)=C(\C)N)cc1. The van der Waals surface area contributed by atoms with Crippen molar-refractivity contribution in [2.75, 3.05) is 13.7 Å². The Labute approximate surface area is 228 Å². The number of carbonyl (C=O) groups is 2. The van der Waals surface area contributed by atoms with Crippen LogP contribution in [0.15, 0.2) is 59.8 Å². The summed E-state index contributed by atoms with van der Waals surface area (Å²) in [5.41, 5.74) is 10.2. The average Bonchev–Trinajstić information content (AvgIpc) is 2.90. The lowest BCUT2D eigenvalue weighted by Crippen LogP contribution is -2.29. The number of rotatable bonds is 6. The van der Waals surface area contributed by atoms with Crippen LogP contribution in [0.4, 0.5) is 0 Å². The van der Waals surface area contributed by atoms with Crippen molar-refractivity contribution in [3.05, 3.63) is 82.2 Å². The second kappa shape index (κ2) is 11.1. The predicted octanol–water partition coefficient (Wildman–Crippen LogP) is 5.87. The minimum absolute atomic E-state index is 0.0371. The number of pyridine rings is 1. The number of nitrogens with two attached hydrogens (primary N) is 1. The van der Waals surface area contributed by atoms with Gasteiger partial charge in [-0.1, -0.05) is 51.1 Å². The van der Waals surface area contributed by atoms with Gasteiger partial charge in [0.25, 0.3) is 0 Å². The number of hydrogen-bond acceptors (Lipinski definition) is 7. The van der Waals surface area contributed by atoms with Crippen LogP contribution in [-0.2, 0) is 16.0 Å². The molecular weight excluding hydrogens is 490 g/mol. The Hall–Kier alpha value is -4.44. The Morgan fingerprint density at radius 1 is 1.13 bits per heavy atom. The minimum Gasteiger partial charge on any atom is -0.497 e. The molecule has 4 rings (SSSR count). The van der Waals surface area contributed by atoms with Crippen molar-refractivity contribution < 1.29 is 19.1 Å². The van der Waals surface area contributed by atoms with Crippen molar-refractivity contribution in [1.29, 1.82) is 5.26 Å². The lowest BCUT2D eigenvalue weighted by atomic mass is 9.69. The molecule has 7 heteroatoms. The number of carbonyl (C=O) groups excluding carboxylic acids is 2. The molecule has 0 spiro atoms. The number of benzene rings is 2. The first-order chi connectivity index (χ1) is 18.5. The molecular formula is C32H33N3O4. The number of aromatic nitrogens is 1. The normalized spacial score (nSPS) is 16.7. The summed E-state index contributed by atoms with van der Waals surface area (Å²) in [5.74, 6) is -0.246. The molecule has 0 saturated heterocycles. The smallest absolute Gasteiger partial charge is 0.339 e. The summed E-state index contributed by atoms with van der Waals surface area (Å²) < 4.78 is 10.8. The number of para-hydroxylation sites is 1. The van der Waals surface area contributed by atoms with Gasteiger partial charge in [0.05, 0.1) is 23.9 Å². The second-order valence-corrected chi connectivity index (χ2v) is 10.9. The lowest BCUT2D eigenvalue weighted by Gasteiger charge is -2.36. The van der Waals surface area contributed by atoms with Crippen LogP contribution >= 0.6 is 0 Å². The molecule has 1 aliphatic carbocycles. The summed E-state index contributed by atoms with van der Waals surface area (Å²) >= 11 is 0. The fraction of sp³-hybridized carbons (Fsp3) is 0.312. The lowest BCUT2D eigenvalue weighted by molar-refractivity contribution is -0.118. The fourth-order valence-electron chi connectivity index (χ4n) is 4.92. The van der Waals surface area contributed by atoms with E-state index in [0.29, 0.717) is 22.9 Å². The Balaban J connectivity index is 1.85. The fourth-order valence-corrected chi connectivity index (χ4v) is 4.92. The highest BCUT2D eigenvalue weighted by Gasteiger charge is 2.35. The highest BCUT2D eigenvalue weighted by Crippen LogP contribution is 2.45. The number of fused-ring (bicyclic) bond motifs is 2. The predicted molar refractivity (Wildman–Crippen MR) is 152 cm³/mol. The first-order valence-corrected chi connectivity index (χ1v) is 12.9. The molecule has 200 valence electrons. The van der Waals surface area contributed by atoms with Crippen LogP contribution in [0.3, 0.4) is 0 Å². The van der Waals surface area contributed by atoms with Gasteiger partial charge in [0.1, 0.15) is 17.4 Å². The highest BCUT2D eigenvalue weighted by molar-refractivity contribution is 6.08. The Morgan fingerprint density at radius 3 is 2.44 bits per heavy atom. The molecule has 0 bridgehead atoms. The Bertz CT molecular complexity index is 1530. The number of esters is 1. The molecule has 1 aliphatic rings. The molecule has 0 saturated carbocycles. The van der Waals surface area contributed by atoms with Gasteiger partial charge >= 0.3 is 5.97 Å². The van der Waals surface area contributed by atoms with Crippen molar-refractivity contribution in [3.63, 3.8) is 0 Å². The molecule has 0 fully saturated rings. The van der Waals surface area contributed by atoms with Crippen molar-refractivity contribution in [3.8, 4) is 11.8 Å². The molecule has 39 heavy (non-hydrogen) atoms. The number of methoxy groups -OCH3 is 1. The van der Waals surface area contributed by atoms with Gasteiger partial charge in [-0.25, -0.2) is 9.78 Å². The zero-order chi connectivity index (χ0) is 28.3. The highest BCUT2D eigenvalue weighted by atomic mass is 16.5. The number of nitriles is 1. The molecule has 1 aromatic heterocycles. The van der Waals surface area contributed by atoms with E-state index in [4.69, 9.17) is 20.2 Å². The minimum atomic E-state index is -0.634. The standard InChI is InChI=1S/C32H33N3O4/c1-19(34)26(17-33)28(36)18-39-31(37)29-24-8-6-7-9-27(24)35-30-21(14-20-10-12-23(38-5)13-11-20)15-22(16-25(29)30)32(2,3)4/h6-14,22H,15-16,18,34H2,1-5H3/b21-14+,26-19+/t22-/m1/s1. The number of hydrogen-bond donors (Lipinski definition) is 1. The number of Topliss-reactive ketones (excluding diaryl/α,β-unsaturated/α-hetero) is 1. The van der Waals surface area contributed by atoms with Crippen molar-refractivity contribution in [2.45, 2.75) is 40.5 Å². The van der Waals surface area contributed by atoms with E-state index in [2.05, 4.69) is 26.8 Å². The number of ketones is 1. The van der Waals surface area contributed by atoms with Gasteiger partial charge in [-0.15, -0.1) is 0 Å². The van der Waals surface area contributed by atoms with E-state index in [-0.39, 0.29) is 22.6 Å².